The number of aliphatic hydroxyl groups is 1. The van der Waals surface area contributed by atoms with Crippen LogP contribution in [0.4, 0.5) is 4.79 Å². The molecule has 58 heavy (non-hydrogen) atoms. The van der Waals surface area contributed by atoms with Gasteiger partial charge in [-0.1, -0.05) is 38.9 Å². The average molecular weight is 811 g/mol. The molecule has 4 fully saturated rings. The Kier molecular flexibility index (Phi) is 13.5. The number of ether oxygens (including phenoxy) is 6. The van der Waals surface area contributed by atoms with Crippen LogP contribution in [0.25, 0.3) is 0 Å². The van der Waals surface area contributed by atoms with E-state index >= 15 is 0 Å². The average Bonchev–Trinajstić information content (AvgIpc) is 3.33. The van der Waals surface area contributed by atoms with Gasteiger partial charge < -0.3 is 43.3 Å². The zero-order chi connectivity index (χ0) is 42.1. The number of oxime groups is 1. The first-order chi connectivity index (χ1) is 27.5. The van der Waals surface area contributed by atoms with Gasteiger partial charge in [-0.3, -0.25) is 14.7 Å². The summed E-state index contributed by atoms with van der Waals surface area (Å²) in [5, 5.41) is 25.5. The van der Waals surface area contributed by atoms with Crippen molar-refractivity contribution in [2.75, 3.05) is 40.4 Å². The number of fused-ring (bicyclic) bond motifs is 4. The number of aliphatic imine (C=N–C) groups is 1. The number of cyclic esters (lactones) is 1. The number of carbonyl (C=O) groups excluding carboxylic acids is 2. The molecule has 6 heterocycles. The van der Waals surface area contributed by atoms with E-state index in [9.17, 15) is 20.0 Å². The number of aromatic nitrogens is 1. The molecular weight excluding hydrogens is 748 g/mol. The fraction of sp³-hybridized carbons (Fsp3) is 0.762. The minimum atomic E-state index is -1.15. The van der Waals surface area contributed by atoms with E-state index in [-0.39, 0.29) is 49.5 Å². The number of carbonyl (C=O) groups is 2. The van der Waals surface area contributed by atoms with Crippen LogP contribution in [0.5, 0.6) is 0 Å². The number of hydrogen-bond donors (Lipinski definition) is 1. The van der Waals surface area contributed by atoms with Crippen molar-refractivity contribution in [3.8, 4) is 6.07 Å². The fourth-order valence-corrected chi connectivity index (χ4v) is 10.0. The highest BCUT2D eigenvalue weighted by molar-refractivity contribution is 5.91. The number of aliphatic hydroxyl groups excluding tert-OH is 1. The zero-order valence-electron chi connectivity index (χ0n) is 35.6. The molecule has 0 spiro atoms. The summed E-state index contributed by atoms with van der Waals surface area (Å²) >= 11 is 0. The van der Waals surface area contributed by atoms with Crippen molar-refractivity contribution in [1.29, 1.82) is 5.26 Å². The Morgan fingerprint density at radius 1 is 1.12 bits per heavy atom. The maximum absolute atomic E-state index is 14.5. The summed E-state index contributed by atoms with van der Waals surface area (Å²) in [7, 11) is 3.85. The number of hydrogen-bond acceptors (Lipinski definition) is 15. The summed E-state index contributed by atoms with van der Waals surface area (Å²) in [5.74, 6) is -2.36. The summed E-state index contributed by atoms with van der Waals surface area (Å²) in [6.45, 7) is 16.3. The lowest BCUT2D eigenvalue weighted by Gasteiger charge is -2.48. The monoisotopic (exact) mass is 810 g/mol. The maximum Gasteiger partial charge on any atom is 0.410 e. The van der Waals surface area contributed by atoms with Gasteiger partial charge in [-0.2, -0.15) is 5.26 Å². The van der Waals surface area contributed by atoms with Crippen molar-refractivity contribution >= 4 is 23.5 Å². The molecule has 5 aliphatic rings. The van der Waals surface area contributed by atoms with Crippen LogP contribution in [0.1, 0.15) is 86.0 Å². The number of rotatable bonds is 7. The van der Waals surface area contributed by atoms with E-state index in [1.807, 2.05) is 59.7 Å². The van der Waals surface area contributed by atoms with E-state index < -0.39 is 71.8 Å². The lowest BCUT2D eigenvalue weighted by molar-refractivity contribution is -0.302. The van der Waals surface area contributed by atoms with Gasteiger partial charge in [0.1, 0.15) is 29.7 Å². The molecule has 0 unspecified atom stereocenters. The van der Waals surface area contributed by atoms with Crippen LogP contribution in [0.2, 0.25) is 0 Å². The molecule has 0 radical (unpaired) electrons. The highest BCUT2D eigenvalue weighted by atomic mass is 16.7. The van der Waals surface area contributed by atoms with E-state index in [0.29, 0.717) is 43.8 Å². The Bertz CT molecular complexity index is 1750. The highest BCUT2D eigenvalue weighted by Gasteiger charge is 2.60. The summed E-state index contributed by atoms with van der Waals surface area (Å²) in [6.07, 6.45) is -3.62. The second-order valence-corrected chi connectivity index (χ2v) is 17.4. The quantitative estimate of drug-likeness (QED) is 0.307. The molecule has 4 bridgehead atoms. The standard InChI is InChI=1S/C42H62N6O10/c1-11-32-42(8)36-25(4)33(44-15-16-48(36)40(51)58-42)23(2)18-41(7)37(57-39-34(49)31(47(9)10)17-24(3)55-39)26(5)35(27(6)38(50)56-32)52-20-30(21-53-41)46-54-22-29-14-12-13-28(19-43)45-29/h12-14,23-27,31-32,34-37,39,49H,11,15-18,20-22H2,1-10H3/t23-,24+,25+,26-,27-,31-,32+,34+,35+,36-,37+,39-,41-,42-/m1/s1. The van der Waals surface area contributed by atoms with E-state index in [0.717, 1.165) is 5.71 Å². The molecular formula is C42H62N6O10. The fourth-order valence-electron chi connectivity index (χ4n) is 10.0. The minimum Gasteiger partial charge on any atom is -0.458 e. The first kappa shape index (κ1) is 43.8. The van der Waals surface area contributed by atoms with Crippen molar-refractivity contribution < 1.29 is 48.0 Å². The van der Waals surface area contributed by atoms with Crippen molar-refractivity contribution in [3.63, 3.8) is 0 Å². The summed E-state index contributed by atoms with van der Waals surface area (Å²) in [5.41, 5.74) is -0.164. The SMILES string of the molecule is CC[C@@H]1OC(=O)[C@H](C)[C@H]2OCC(=NOCc3cccc(C#N)n3)CO[C@](C)(C[C@@H](C)C3=NCCN4C(=O)O[C@@]1(C)[C@H]4[C@H]3C)[C@@H](O[C@H]1O[C@@H](C)C[C@@H](N(C)C)[C@@H]1O)[C@@H]2C. The first-order valence-corrected chi connectivity index (χ1v) is 20.7. The molecule has 0 aromatic carbocycles. The van der Waals surface area contributed by atoms with Gasteiger partial charge in [-0.15, -0.1) is 0 Å². The van der Waals surface area contributed by atoms with Crippen molar-refractivity contribution in [2.45, 2.75) is 141 Å². The number of pyridine rings is 1. The second kappa shape index (κ2) is 17.9. The molecule has 0 aliphatic carbocycles. The summed E-state index contributed by atoms with van der Waals surface area (Å²) < 4.78 is 39.6. The molecule has 16 nitrogen and oxygen atoms in total. The smallest absolute Gasteiger partial charge is 0.410 e. The minimum absolute atomic E-state index is 0.00139. The Balaban J connectivity index is 1.45. The lowest BCUT2D eigenvalue weighted by atomic mass is 9.72. The van der Waals surface area contributed by atoms with E-state index in [4.69, 9.17) is 38.3 Å². The third-order valence-corrected chi connectivity index (χ3v) is 12.9. The molecule has 4 saturated heterocycles. The van der Waals surface area contributed by atoms with Crippen LogP contribution in [-0.2, 0) is 44.7 Å². The molecule has 6 rings (SSSR count). The number of likely N-dealkylation sites (N-methyl/N-ethyl adjacent to an activating group) is 1. The van der Waals surface area contributed by atoms with Gasteiger partial charge in [0, 0.05) is 30.1 Å². The van der Waals surface area contributed by atoms with Crippen molar-refractivity contribution in [3.05, 3.63) is 29.6 Å². The van der Waals surface area contributed by atoms with Gasteiger partial charge >= 0.3 is 12.1 Å². The van der Waals surface area contributed by atoms with Crippen molar-refractivity contribution in [2.24, 2.45) is 33.8 Å². The van der Waals surface area contributed by atoms with Crippen LogP contribution in [0, 0.1) is 35.0 Å². The van der Waals surface area contributed by atoms with Crippen LogP contribution in [-0.4, -0.2) is 144 Å². The van der Waals surface area contributed by atoms with Crippen molar-refractivity contribution in [1.82, 2.24) is 14.8 Å². The highest BCUT2D eigenvalue weighted by Crippen LogP contribution is 2.45. The third kappa shape index (κ3) is 8.76. The largest absolute Gasteiger partial charge is 0.458 e. The Morgan fingerprint density at radius 3 is 2.59 bits per heavy atom. The van der Waals surface area contributed by atoms with Gasteiger partial charge in [0.15, 0.2) is 18.5 Å². The van der Waals surface area contributed by atoms with Gasteiger partial charge in [0.25, 0.3) is 0 Å². The van der Waals surface area contributed by atoms with E-state index in [1.165, 1.54) is 0 Å². The molecule has 1 amide bonds. The number of nitrogens with zero attached hydrogens (tertiary/aromatic N) is 6. The molecule has 1 aromatic heterocycles. The van der Waals surface area contributed by atoms with Crippen LogP contribution in [0.15, 0.2) is 28.3 Å². The van der Waals surface area contributed by atoms with Gasteiger partial charge in [0.2, 0.25) is 0 Å². The number of esters is 1. The normalized spacial score (nSPS) is 40.6. The Morgan fingerprint density at radius 2 is 1.88 bits per heavy atom. The van der Waals surface area contributed by atoms with Crippen LogP contribution >= 0.6 is 0 Å². The Labute approximate surface area is 342 Å². The first-order valence-electron chi connectivity index (χ1n) is 20.7. The topological polar surface area (TPSA) is 187 Å². The molecule has 1 N–H and O–H groups in total. The predicted octanol–water partition coefficient (Wildman–Crippen LogP) is 4.12. The molecule has 5 aliphatic heterocycles. The molecule has 1 aromatic rings. The van der Waals surface area contributed by atoms with Crippen LogP contribution in [0.3, 0.4) is 0 Å². The second-order valence-electron chi connectivity index (χ2n) is 17.4. The predicted molar refractivity (Wildman–Crippen MR) is 212 cm³/mol. The van der Waals surface area contributed by atoms with Crippen LogP contribution < -0.4 is 0 Å². The molecule has 14 atom stereocenters. The molecule has 0 saturated carbocycles. The summed E-state index contributed by atoms with van der Waals surface area (Å²) in [6, 6.07) is 6.44. The van der Waals surface area contributed by atoms with Gasteiger partial charge in [-0.25, -0.2) is 9.78 Å². The zero-order valence-corrected chi connectivity index (χ0v) is 35.6. The number of nitriles is 1. The molecule has 320 valence electrons. The maximum atomic E-state index is 14.5. The van der Waals surface area contributed by atoms with Gasteiger partial charge in [0.05, 0.1) is 61.3 Å². The summed E-state index contributed by atoms with van der Waals surface area (Å²) in [4.78, 5) is 46.9. The number of amides is 1. The Hall–Kier alpha value is -3.72. The van der Waals surface area contributed by atoms with E-state index in [1.54, 1.807) is 30.0 Å². The molecule has 16 heteroatoms. The van der Waals surface area contributed by atoms with E-state index in [2.05, 4.69) is 24.0 Å². The van der Waals surface area contributed by atoms with Gasteiger partial charge in [-0.05, 0) is 79.1 Å². The third-order valence-electron chi connectivity index (χ3n) is 12.9. The lowest BCUT2D eigenvalue weighted by Crippen LogP contribution is -2.60.